The van der Waals surface area contributed by atoms with E-state index < -0.39 is 11.7 Å². The van der Waals surface area contributed by atoms with Gasteiger partial charge in [0.2, 0.25) is 5.95 Å². The molecule has 1 aliphatic heterocycles. The van der Waals surface area contributed by atoms with E-state index in [1.54, 1.807) is 12.3 Å². The second-order valence-corrected chi connectivity index (χ2v) is 9.55. The zero-order valence-electron chi connectivity index (χ0n) is 20.1. The van der Waals surface area contributed by atoms with Gasteiger partial charge in [0.1, 0.15) is 29.0 Å². The minimum absolute atomic E-state index is 0.0694. The van der Waals surface area contributed by atoms with E-state index in [1.165, 1.54) is 24.5 Å². The first-order valence-electron chi connectivity index (χ1n) is 11.5. The maximum atomic E-state index is 14.7. The Balaban J connectivity index is 1.38. The van der Waals surface area contributed by atoms with Gasteiger partial charge in [-0.1, -0.05) is 20.8 Å². The summed E-state index contributed by atoms with van der Waals surface area (Å²) in [4.78, 5) is 30.1. The molecule has 4 N–H and O–H groups in total. The van der Waals surface area contributed by atoms with E-state index in [0.29, 0.717) is 36.0 Å². The van der Waals surface area contributed by atoms with Crippen molar-refractivity contribution in [3.8, 4) is 0 Å². The number of hydrogen-bond acceptors (Lipinski definition) is 9. The molecule has 186 valence electrons. The number of nitrogens with one attached hydrogen (secondary N) is 4. The average Bonchev–Trinajstić information content (AvgIpc) is 3.53. The highest BCUT2D eigenvalue weighted by molar-refractivity contribution is 6.04. The molecule has 1 saturated heterocycles. The lowest BCUT2D eigenvalue weighted by molar-refractivity contribution is 0.102. The van der Waals surface area contributed by atoms with Gasteiger partial charge < -0.3 is 20.7 Å². The number of nitrogens with zero attached hydrogens (tertiary/aromatic N) is 5. The number of halogens is 1. The Labute approximate surface area is 206 Å². The van der Waals surface area contributed by atoms with Gasteiger partial charge in [0.15, 0.2) is 5.82 Å². The minimum atomic E-state index is -0.551. The summed E-state index contributed by atoms with van der Waals surface area (Å²) < 4.78 is 20.1. The molecule has 0 bridgehead atoms. The normalized spacial score (nSPS) is 15.7. The molecule has 3 aromatic heterocycles. The van der Waals surface area contributed by atoms with E-state index in [-0.39, 0.29) is 28.5 Å². The highest BCUT2D eigenvalue weighted by Crippen LogP contribution is 2.26. The summed E-state index contributed by atoms with van der Waals surface area (Å²) >= 11 is 0. The number of aromatic amines is 1. The number of amides is 1. The molecule has 1 aliphatic rings. The zero-order valence-corrected chi connectivity index (χ0v) is 20.1. The van der Waals surface area contributed by atoms with Crippen molar-refractivity contribution in [3.05, 3.63) is 53.9 Å². The highest BCUT2D eigenvalue weighted by atomic mass is 19.1. The topological polar surface area (TPSA) is 143 Å². The fraction of sp³-hybridized carbons (Fsp3) is 0.333. The van der Waals surface area contributed by atoms with Gasteiger partial charge in [-0.05, 0) is 24.6 Å². The van der Waals surface area contributed by atoms with E-state index in [9.17, 15) is 9.18 Å². The lowest BCUT2D eigenvalue weighted by Crippen LogP contribution is -2.20. The van der Waals surface area contributed by atoms with E-state index >= 15 is 0 Å². The van der Waals surface area contributed by atoms with Gasteiger partial charge in [-0.25, -0.2) is 24.3 Å². The predicted molar refractivity (Wildman–Crippen MR) is 133 cm³/mol. The third-order valence-corrected chi connectivity index (χ3v) is 5.72. The van der Waals surface area contributed by atoms with Gasteiger partial charge in [0, 0.05) is 23.7 Å². The molecule has 36 heavy (non-hydrogen) atoms. The second-order valence-electron chi connectivity index (χ2n) is 9.55. The van der Waals surface area contributed by atoms with Crippen LogP contribution < -0.4 is 16.0 Å². The molecule has 1 aromatic carbocycles. The van der Waals surface area contributed by atoms with E-state index in [4.69, 9.17) is 4.74 Å². The monoisotopic (exact) mass is 491 g/mol. The number of aromatic nitrogens is 6. The van der Waals surface area contributed by atoms with Crippen molar-refractivity contribution >= 4 is 40.2 Å². The molecule has 1 unspecified atom stereocenters. The highest BCUT2D eigenvalue weighted by Gasteiger charge is 2.20. The van der Waals surface area contributed by atoms with Crippen LogP contribution in [0.25, 0.3) is 11.0 Å². The number of anilines is 4. The number of carbonyl (C=O) groups excluding carboxylic acids is 1. The van der Waals surface area contributed by atoms with Gasteiger partial charge in [-0.15, -0.1) is 0 Å². The number of carbonyl (C=O) groups is 1. The van der Waals surface area contributed by atoms with Crippen LogP contribution >= 0.6 is 0 Å². The minimum Gasteiger partial charge on any atom is -0.379 e. The molecular formula is C24H26FN9O2. The Hall–Kier alpha value is -4.19. The summed E-state index contributed by atoms with van der Waals surface area (Å²) in [5, 5.41) is 16.0. The number of hydrogen-bond donors (Lipinski definition) is 4. The average molecular weight is 492 g/mol. The Morgan fingerprint density at radius 1 is 1.19 bits per heavy atom. The molecule has 12 heteroatoms. The van der Waals surface area contributed by atoms with Crippen LogP contribution in [-0.4, -0.2) is 55.3 Å². The van der Waals surface area contributed by atoms with Crippen LogP contribution in [0.2, 0.25) is 0 Å². The fourth-order valence-corrected chi connectivity index (χ4v) is 3.70. The first kappa shape index (κ1) is 23.5. The molecule has 0 radical (unpaired) electrons. The van der Waals surface area contributed by atoms with Crippen LogP contribution in [-0.2, 0) is 10.2 Å². The van der Waals surface area contributed by atoms with Crippen LogP contribution in [0.3, 0.4) is 0 Å². The Morgan fingerprint density at radius 3 is 2.81 bits per heavy atom. The van der Waals surface area contributed by atoms with Gasteiger partial charge in [-0.2, -0.15) is 5.10 Å². The third-order valence-electron chi connectivity index (χ3n) is 5.72. The second kappa shape index (κ2) is 9.46. The summed E-state index contributed by atoms with van der Waals surface area (Å²) in [6.07, 6.45) is 3.77. The van der Waals surface area contributed by atoms with Crippen LogP contribution in [0.15, 0.2) is 36.8 Å². The maximum absolute atomic E-state index is 14.7. The van der Waals surface area contributed by atoms with Crippen molar-refractivity contribution in [2.24, 2.45) is 0 Å². The SMILES string of the molecule is CC(C)(C)c1cc(NC(=O)c2ccc(F)c(Nc3ncnc4cnc(NC5CCOC5)nc34)c2)[nH]n1. The third kappa shape index (κ3) is 5.08. The molecule has 1 amide bonds. The van der Waals surface area contributed by atoms with E-state index in [0.717, 1.165) is 12.1 Å². The summed E-state index contributed by atoms with van der Waals surface area (Å²) in [5.74, 6) is 0.175. The standard InChI is InChI=1S/C24H26FN9O2/c1-24(2,3)18-9-19(34-33-18)31-22(35)13-4-5-15(25)16(8-13)30-21-20-17(27-12-28-21)10-26-23(32-20)29-14-6-7-36-11-14/h4-5,8-10,12,14H,6-7,11H2,1-3H3,(H,26,29,32)(H,27,28,30)(H2,31,33,34,35). The first-order chi connectivity index (χ1) is 17.3. The number of rotatable bonds is 6. The lowest BCUT2D eigenvalue weighted by Gasteiger charge is -2.13. The Morgan fingerprint density at radius 2 is 2.06 bits per heavy atom. The van der Waals surface area contributed by atoms with Gasteiger partial charge >= 0.3 is 0 Å². The Bertz CT molecular complexity index is 1410. The van der Waals surface area contributed by atoms with Crippen molar-refractivity contribution in [1.29, 1.82) is 0 Å². The van der Waals surface area contributed by atoms with Crippen molar-refractivity contribution in [2.45, 2.75) is 38.6 Å². The van der Waals surface area contributed by atoms with Crippen molar-refractivity contribution in [3.63, 3.8) is 0 Å². The molecule has 11 nitrogen and oxygen atoms in total. The van der Waals surface area contributed by atoms with Crippen molar-refractivity contribution in [1.82, 2.24) is 30.1 Å². The van der Waals surface area contributed by atoms with E-state index in [2.05, 4.69) is 46.1 Å². The summed E-state index contributed by atoms with van der Waals surface area (Å²) in [6.45, 7) is 7.33. The molecule has 0 spiro atoms. The predicted octanol–water partition coefficient (Wildman–Crippen LogP) is 3.78. The van der Waals surface area contributed by atoms with Crippen LogP contribution in [0.1, 0.15) is 43.2 Å². The Kier molecular flexibility index (Phi) is 6.18. The summed E-state index contributed by atoms with van der Waals surface area (Å²) in [5.41, 5.74) is 1.86. The zero-order chi connectivity index (χ0) is 25.3. The maximum Gasteiger partial charge on any atom is 0.256 e. The quantitative estimate of drug-likeness (QED) is 0.317. The number of ether oxygens (including phenoxy) is 1. The van der Waals surface area contributed by atoms with Gasteiger partial charge in [0.25, 0.3) is 5.91 Å². The summed E-state index contributed by atoms with van der Waals surface area (Å²) in [6, 6.07) is 5.93. The smallest absolute Gasteiger partial charge is 0.256 e. The summed E-state index contributed by atoms with van der Waals surface area (Å²) in [7, 11) is 0. The van der Waals surface area contributed by atoms with Gasteiger partial charge in [-0.3, -0.25) is 9.89 Å². The number of H-pyrrole nitrogens is 1. The molecule has 1 fully saturated rings. The van der Waals surface area contributed by atoms with Gasteiger partial charge in [0.05, 0.1) is 30.2 Å². The number of fused-ring (bicyclic) bond motifs is 1. The van der Waals surface area contributed by atoms with Crippen LogP contribution in [0, 0.1) is 5.82 Å². The fourth-order valence-electron chi connectivity index (χ4n) is 3.70. The van der Waals surface area contributed by atoms with Crippen molar-refractivity contribution in [2.75, 3.05) is 29.2 Å². The van der Waals surface area contributed by atoms with Crippen LogP contribution in [0.5, 0.6) is 0 Å². The largest absolute Gasteiger partial charge is 0.379 e. The lowest BCUT2D eigenvalue weighted by atomic mass is 9.92. The van der Waals surface area contributed by atoms with Crippen molar-refractivity contribution < 1.29 is 13.9 Å². The molecule has 5 rings (SSSR count). The number of benzene rings is 1. The first-order valence-corrected chi connectivity index (χ1v) is 11.5. The van der Waals surface area contributed by atoms with Crippen LogP contribution in [0.4, 0.5) is 27.7 Å². The molecule has 4 aromatic rings. The van der Waals surface area contributed by atoms with E-state index in [1.807, 2.05) is 20.8 Å². The molecule has 0 aliphatic carbocycles. The molecular weight excluding hydrogens is 465 g/mol. The molecule has 1 atom stereocenters. The molecule has 0 saturated carbocycles. The molecule has 4 heterocycles.